The van der Waals surface area contributed by atoms with Gasteiger partial charge in [-0.2, -0.15) is 0 Å². The van der Waals surface area contributed by atoms with E-state index in [1.54, 1.807) is 7.05 Å². The lowest BCUT2D eigenvalue weighted by atomic mass is 10.2. The van der Waals surface area contributed by atoms with E-state index in [4.69, 9.17) is 4.74 Å². The van der Waals surface area contributed by atoms with Crippen molar-refractivity contribution >= 4 is 11.5 Å². The highest BCUT2D eigenvalue weighted by atomic mass is 16.5. The highest BCUT2D eigenvalue weighted by molar-refractivity contribution is 5.58. The smallest absolute Gasteiger partial charge is 0.332 e. The third kappa shape index (κ3) is 5.00. The van der Waals surface area contributed by atoms with Crippen molar-refractivity contribution < 1.29 is 4.74 Å². The minimum Gasteiger partial charge on any atom is -0.492 e. The van der Waals surface area contributed by atoms with Crippen LogP contribution in [0.5, 0.6) is 5.75 Å². The summed E-state index contributed by atoms with van der Waals surface area (Å²) >= 11 is 0. The SMILES string of the molecule is CCOc1ccccc1N1CCN(CCCNc2cc(=O)n(C)c(=O)n2C)CC1. The van der Waals surface area contributed by atoms with Gasteiger partial charge in [-0.15, -0.1) is 0 Å². The summed E-state index contributed by atoms with van der Waals surface area (Å²) in [5, 5.41) is 3.21. The van der Waals surface area contributed by atoms with Crippen molar-refractivity contribution in [2.75, 3.05) is 56.1 Å². The van der Waals surface area contributed by atoms with Crippen LogP contribution in [0, 0.1) is 0 Å². The Morgan fingerprint density at radius 3 is 2.48 bits per heavy atom. The van der Waals surface area contributed by atoms with Crippen molar-refractivity contribution in [3.63, 3.8) is 0 Å². The van der Waals surface area contributed by atoms with Crippen molar-refractivity contribution in [2.24, 2.45) is 14.1 Å². The van der Waals surface area contributed by atoms with Crippen LogP contribution in [-0.2, 0) is 14.1 Å². The molecule has 0 spiro atoms. The van der Waals surface area contributed by atoms with E-state index in [9.17, 15) is 9.59 Å². The number of piperazine rings is 1. The molecule has 0 aliphatic carbocycles. The molecule has 0 amide bonds. The Morgan fingerprint density at radius 2 is 1.76 bits per heavy atom. The van der Waals surface area contributed by atoms with Crippen LogP contribution in [0.25, 0.3) is 0 Å². The zero-order valence-electron chi connectivity index (χ0n) is 17.6. The van der Waals surface area contributed by atoms with Crippen LogP contribution in [0.1, 0.15) is 13.3 Å². The molecule has 1 aliphatic rings. The number of ether oxygens (including phenoxy) is 1. The molecule has 0 bridgehead atoms. The van der Waals surface area contributed by atoms with Gasteiger partial charge in [0.25, 0.3) is 5.56 Å². The summed E-state index contributed by atoms with van der Waals surface area (Å²) in [6, 6.07) is 9.69. The van der Waals surface area contributed by atoms with Gasteiger partial charge in [0.1, 0.15) is 11.6 Å². The van der Waals surface area contributed by atoms with E-state index in [0.29, 0.717) is 19.0 Å². The fourth-order valence-corrected chi connectivity index (χ4v) is 3.63. The average Bonchev–Trinajstić information content (AvgIpc) is 2.74. The standard InChI is InChI=1S/C21H31N5O3/c1-4-29-18-9-6-5-8-17(18)26-14-12-25(13-15-26)11-7-10-22-19-16-20(27)24(3)21(28)23(19)2/h5-6,8-9,16,22H,4,7,10-15H2,1-3H3. The maximum atomic E-state index is 12.0. The van der Waals surface area contributed by atoms with Gasteiger partial charge < -0.3 is 15.0 Å². The van der Waals surface area contributed by atoms with Gasteiger partial charge in [-0.3, -0.25) is 18.8 Å². The summed E-state index contributed by atoms with van der Waals surface area (Å²) in [7, 11) is 3.16. The fraction of sp³-hybridized carbons (Fsp3) is 0.524. The maximum Gasteiger partial charge on any atom is 0.332 e. The van der Waals surface area contributed by atoms with Crippen molar-refractivity contribution in [1.29, 1.82) is 0 Å². The number of hydrogen-bond acceptors (Lipinski definition) is 6. The molecule has 0 saturated carbocycles. The normalized spacial score (nSPS) is 14.8. The predicted octanol–water partition coefficient (Wildman–Crippen LogP) is 1.11. The molecule has 3 rings (SSSR count). The first-order chi connectivity index (χ1) is 14.0. The molecular formula is C21H31N5O3. The van der Waals surface area contributed by atoms with E-state index in [0.717, 1.165) is 49.5 Å². The Kier molecular flexibility index (Phi) is 6.98. The summed E-state index contributed by atoms with van der Waals surface area (Å²) in [5.74, 6) is 1.52. The second kappa shape index (κ2) is 9.65. The van der Waals surface area contributed by atoms with E-state index in [1.165, 1.54) is 23.4 Å². The molecule has 0 unspecified atom stereocenters. The van der Waals surface area contributed by atoms with E-state index in [1.807, 2.05) is 19.1 Å². The van der Waals surface area contributed by atoms with E-state index in [-0.39, 0.29) is 11.2 Å². The Balaban J connectivity index is 1.46. The second-order valence-corrected chi connectivity index (χ2v) is 7.28. The molecule has 1 N–H and O–H groups in total. The molecule has 8 nitrogen and oxygen atoms in total. The molecule has 0 atom stereocenters. The monoisotopic (exact) mass is 401 g/mol. The van der Waals surface area contributed by atoms with Crippen LogP contribution >= 0.6 is 0 Å². The molecule has 1 saturated heterocycles. The van der Waals surface area contributed by atoms with Gasteiger partial charge >= 0.3 is 5.69 Å². The summed E-state index contributed by atoms with van der Waals surface area (Å²) in [6.07, 6.45) is 0.943. The number of benzene rings is 1. The third-order valence-corrected chi connectivity index (χ3v) is 5.36. The van der Waals surface area contributed by atoms with E-state index >= 15 is 0 Å². The number of para-hydroxylation sites is 2. The maximum absolute atomic E-state index is 12.0. The van der Waals surface area contributed by atoms with E-state index in [2.05, 4.69) is 27.2 Å². The molecule has 8 heteroatoms. The van der Waals surface area contributed by atoms with Gasteiger partial charge in [0.15, 0.2) is 0 Å². The number of anilines is 2. The quantitative estimate of drug-likeness (QED) is 0.668. The van der Waals surface area contributed by atoms with Crippen LogP contribution in [0.3, 0.4) is 0 Å². The minimum absolute atomic E-state index is 0.293. The van der Waals surface area contributed by atoms with Crippen LogP contribution in [0.15, 0.2) is 39.9 Å². The summed E-state index contributed by atoms with van der Waals surface area (Å²) in [6.45, 7) is 8.33. The molecule has 1 fully saturated rings. The number of hydrogen-bond donors (Lipinski definition) is 1. The zero-order valence-corrected chi connectivity index (χ0v) is 17.6. The van der Waals surface area contributed by atoms with Crippen molar-refractivity contribution in [3.05, 3.63) is 51.2 Å². The van der Waals surface area contributed by atoms with Gasteiger partial charge in [-0.05, 0) is 32.0 Å². The van der Waals surface area contributed by atoms with E-state index < -0.39 is 0 Å². The molecular weight excluding hydrogens is 370 g/mol. The number of nitrogens with zero attached hydrogens (tertiary/aromatic N) is 4. The lowest BCUT2D eigenvalue weighted by molar-refractivity contribution is 0.255. The average molecular weight is 402 g/mol. The fourth-order valence-electron chi connectivity index (χ4n) is 3.63. The largest absolute Gasteiger partial charge is 0.492 e. The third-order valence-electron chi connectivity index (χ3n) is 5.36. The van der Waals surface area contributed by atoms with Crippen molar-refractivity contribution in [3.8, 4) is 5.75 Å². The van der Waals surface area contributed by atoms with Crippen LogP contribution < -0.4 is 26.2 Å². The topological polar surface area (TPSA) is 71.7 Å². The van der Waals surface area contributed by atoms with Gasteiger partial charge in [0, 0.05) is 52.9 Å². The van der Waals surface area contributed by atoms with Crippen LogP contribution in [0.2, 0.25) is 0 Å². The first-order valence-electron chi connectivity index (χ1n) is 10.2. The van der Waals surface area contributed by atoms with Gasteiger partial charge in [-0.25, -0.2) is 4.79 Å². The lowest BCUT2D eigenvalue weighted by Gasteiger charge is -2.36. The summed E-state index contributed by atoms with van der Waals surface area (Å²) in [4.78, 5) is 28.6. The number of rotatable bonds is 8. The van der Waals surface area contributed by atoms with Gasteiger partial charge in [-0.1, -0.05) is 12.1 Å². The Bertz CT molecular complexity index is 929. The highest BCUT2D eigenvalue weighted by Gasteiger charge is 2.19. The molecule has 0 radical (unpaired) electrons. The first-order valence-corrected chi connectivity index (χ1v) is 10.2. The molecule has 158 valence electrons. The van der Waals surface area contributed by atoms with Crippen molar-refractivity contribution in [1.82, 2.24) is 14.0 Å². The molecule has 1 aliphatic heterocycles. The second-order valence-electron chi connectivity index (χ2n) is 7.28. The Labute approximate surface area is 171 Å². The van der Waals surface area contributed by atoms with Crippen molar-refractivity contribution in [2.45, 2.75) is 13.3 Å². The molecule has 1 aromatic carbocycles. The molecule has 2 heterocycles. The molecule has 1 aromatic heterocycles. The lowest BCUT2D eigenvalue weighted by Crippen LogP contribution is -2.47. The Hall–Kier alpha value is -2.74. The minimum atomic E-state index is -0.316. The zero-order chi connectivity index (χ0) is 20.8. The number of aromatic nitrogens is 2. The highest BCUT2D eigenvalue weighted by Crippen LogP contribution is 2.28. The first kappa shape index (κ1) is 21.0. The van der Waals surface area contributed by atoms with Gasteiger partial charge in [0.2, 0.25) is 0 Å². The molecule has 2 aromatic rings. The van der Waals surface area contributed by atoms with Crippen LogP contribution in [-0.4, -0.2) is 59.9 Å². The summed E-state index contributed by atoms with van der Waals surface area (Å²) in [5.41, 5.74) is 0.560. The van der Waals surface area contributed by atoms with Crippen LogP contribution in [0.4, 0.5) is 11.5 Å². The number of nitrogens with one attached hydrogen (secondary N) is 1. The predicted molar refractivity (Wildman–Crippen MR) is 116 cm³/mol. The molecule has 29 heavy (non-hydrogen) atoms. The summed E-state index contributed by atoms with van der Waals surface area (Å²) < 4.78 is 8.33. The van der Waals surface area contributed by atoms with Gasteiger partial charge in [0.05, 0.1) is 12.3 Å². The Morgan fingerprint density at radius 1 is 1.03 bits per heavy atom.